The van der Waals surface area contributed by atoms with Crippen molar-refractivity contribution in [3.63, 3.8) is 0 Å². The molecule has 1 fully saturated rings. The molecule has 1 amide bonds. The van der Waals surface area contributed by atoms with Crippen LogP contribution in [0.15, 0.2) is 23.2 Å². The van der Waals surface area contributed by atoms with Crippen LogP contribution in [0.1, 0.15) is 38.7 Å². The average molecular weight is 346 g/mol. The maximum atomic E-state index is 12.3. The van der Waals surface area contributed by atoms with E-state index < -0.39 is 0 Å². The van der Waals surface area contributed by atoms with Gasteiger partial charge in [-0.2, -0.15) is 4.99 Å². The molecule has 0 atom stereocenters. The number of benzene rings is 1. The lowest BCUT2D eigenvalue weighted by Gasteiger charge is -2.20. The average Bonchev–Trinajstić information content (AvgIpc) is 2.82. The van der Waals surface area contributed by atoms with Gasteiger partial charge in [0, 0.05) is 5.92 Å². The third-order valence-corrected chi connectivity index (χ3v) is 5.45. The summed E-state index contributed by atoms with van der Waals surface area (Å²) in [5.41, 5.74) is 2.15. The minimum absolute atomic E-state index is 0.0532. The normalized spacial score (nSPS) is 15.5. The van der Waals surface area contributed by atoms with Gasteiger partial charge in [-0.05, 0) is 43.9 Å². The molecule has 1 aliphatic carbocycles. The molecule has 1 saturated carbocycles. The van der Waals surface area contributed by atoms with Gasteiger partial charge in [0.25, 0.3) is 5.91 Å². The summed E-state index contributed by atoms with van der Waals surface area (Å²) in [5.74, 6) is -0.326. The van der Waals surface area contributed by atoms with Gasteiger partial charge in [0.2, 0.25) is 0 Å². The van der Waals surface area contributed by atoms with Crippen LogP contribution in [-0.4, -0.2) is 23.1 Å². The van der Waals surface area contributed by atoms with E-state index >= 15 is 0 Å². The number of ether oxygens (including phenoxy) is 1. The van der Waals surface area contributed by atoms with Gasteiger partial charge < -0.3 is 9.30 Å². The second-order valence-electron chi connectivity index (χ2n) is 6.01. The third kappa shape index (κ3) is 3.43. The number of aryl methyl sites for hydroxylation is 1. The van der Waals surface area contributed by atoms with Gasteiger partial charge in [0.15, 0.2) is 4.80 Å². The molecular formula is C18H22N2O3S. The molecule has 0 saturated heterocycles. The van der Waals surface area contributed by atoms with E-state index in [4.69, 9.17) is 4.74 Å². The van der Waals surface area contributed by atoms with Crippen molar-refractivity contribution in [1.29, 1.82) is 0 Å². The van der Waals surface area contributed by atoms with Crippen molar-refractivity contribution in [2.24, 2.45) is 10.9 Å². The fourth-order valence-corrected chi connectivity index (χ4v) is 3.85. The second-order valence-corrected chi connectivity index (χ2v) is 7.02. The van der Waals surface area contributed by atoms with Crippen LogP contribution >= 0.6 is 11.3 Å². The van der Waals surface area contributed by atoms with Crippen molar-refractivity contribution < 1.29 is 14.3 Å². The van der Waals surface area contributed by atoms with Crippen LogP contribution in [0.4, 0.5) is 0 Å². The topological polar surface area (TPSA) is 60.7 Å². The van der Waals surface area contributed by atoms with E-state index in [1.54, 1.807) is 11.5 Å². The molecular weight excluding hydrogens is 324 g/mol. The number of carbonyl (C=O) groups is 2. The Morgan fingerprint density at radius 2 is 2.12 bits per heavy atom. The zero-order chi connectivity index (χ0) is 17.1. The highest BCUT2D eigenvalue weighted by molar-refractivity contribution is 7.16. The summed E-state index contributed by atoms with van der Waals surface area (Å²) in [6, 6.07) is 6.15. The number of hydrogen-bond acceptors (Lipinski definition) is 4. The van der Waals surface area contributed by atoms with Crippen LogP contribution in [0.3, 0.4) is 0 Å². The number of nitrogens with zero attached hydrogens (tertiary/aromatic N) is 2. The van der Waals surface area contributed by atoms with Gasteiger partial charge in [0.1, 0.15) is 6.54 Å². The van der Waals surface area contributed by atoms with E-state index in [0.29, 0.717) is 11.4 Å². The Morgan fingerprint density at radius 3 is 2.75 bits per heavy atom. The number of carbonyl (C=O) groups excluding carboxylic acids is 2. The van der Waals surface area contributed by atoms with Gasteiger partial charge in [-0.25, -0.2) is 0 Å². The largest absolute Gasteiger partial charge is 0.465 e. The lowest BCUT2D eigenvalue weighted by atomic mass is 9.85. The fraction of sp³-hybridized carbons (Fsp3) is 0.500. The molecule has 0 spiro atoms. The molecule has 0 radical (unpaired) electrons. The van der Waals surface area contributed by atoms with E-state index in [-0.39, 0.29) is 24.3 Å². The van der Waals surface area contributed by atoms with Crippen LogP contribution in [0, 0.1) is 5.92 Å². The Hall–Kier alpha value is -1.95. The van der Waals surface area contributed by atoms with E-state index in [0.717, 1.165) is 35.9 Å². The second kappa shape index (κ2) is 7.30. The van der Waals surface area contributed by atoms with Crippen molar-refractivity contribution in [2.75, 3.05) is 6.61 Å². The molecule has 0 bridgehead atoms. The van der Waals surface area contributed by atoms with Crippen molar-refractivity contribution in [2.45, 2.75) is 46.1 Å². The van der Waals surface area contributed by atoms with Gasteiger partial charge in [-0.1, -0.05) is 30.7 Å². The van der Waals surface area contributed by atoms with E-state index in [2.05, 4.69) is 18.0 Å². The third-order valence-electron chi connectivity index (χ3n) is 4.41. The van der Waals surface area contributed by atoms with Crippen molar-refractivity contribution in [3.05, 3.63) is 28.6 Å². The Kier molecular flexibility index (Phi) is 5.14. The Bertz CT molecular complexity index is 830. The first-order valence-electron chi connectivity index (χ1n) is 8.48. The summed E-state index contributed by atoms with van der Waals surface area (Å²) in [5, 5.41) is 0. The first-order chi connectivity index (χ1) is 11.6. The van der Waals surface area contributed by atoms with Crippen molar-refractivity contribution >= 4 is 33.4 Å². The van der Waals surface area contributed by atoms with Gasteiger partial charge in [-0.3, -0.25) is 9.59 Å². The minimum atomic E-state index is -0.311. The lowest BCUT2D eigenvalue weighted by Crippen LogP contribution is -2.26. The zero-order valence-electron chi connectivity index (χ0n) is 14.1. The highest BCUT2D eigenvalue weighted by Gasteiger charge is 2.25. The van der Waals surface area contributed by atoms with Crippen LogP contribution < -0.4 is 4.80 Å². The molecule has 3 rings (SSSR count). The maximum Gasteiger partial charge on any atom is 0.326 e. The summed E-state index contributed by atoms with van der Waals surface area (Å²) < 4.78 is 7.91. The Morgan fingerprint density at radius 1 is 1.33 bits per heavy atom. The predicted molar refractivity (Wildman–Crippen MR) is 93.7 cm³/mol. The summed E-state index contributed by atoms with van der Waals surface area (Å²) in [6.45, 7) is 4.31. The van der Waals surface area contributed by atoms with Gasteiger partial charge in [-0.15, -0.1) is 0 Å². The van der Waals surface area contributed by atoms with Crippen LogP contribution in [-0.2, 0) is 27.3 Å². The van der Waals surface area contributed by atoms with E-state index in [1.807, 2.05) is 12.1 Å². The number of thiazole rings is 1. The summed E-state index contributed by atoms with van der Waals surface area (Å²) in [6.07, 6.45) is 3.89. The number of amides is 1. The van der Waals surface area contributed by atoms with E-state index in [9.17, 15) is 9.59 Å². The minimum Gasteiger partial charge on any atom is -0.465 e. The first-order valence-corrected chi connectivity index (χ1v) is 9.30. The molecule has 1 aromatic carbocycles. The molecule has 6 heteroatoms. The van der Waals surface area contributed by atoms with E-state index in [1.165, 1.54) is 16.9 Å². The molecule has 5 nitrogen and oxygen atoms in total. The van der Waals surface area contributed by atoms with Crippen molar-refractivity contribution in [3.8, 4) is 0 Å². The Balaban J connectivity index is 2.05. The first kappa shape index (κ1) is 16.9. The monoisotopic (exact) mass is 346 g/mol. The fourth-order valence-electron chi connectivity index (χ4n) is 2.75. The smallest absolute Gasteiger partial charge is 0.326 e. The molecule has 0 N–H and O–H groups in total. The SMILES string of the molecule is CCOC(=O)Cn1c(=NC(=O)C2CCC2)sc2cc(CC)ccc21. The molecule has 0 unspecified atom stereocenters. The molecule has 1 aromatic heterocycles. The summed E-state index contributed by atoms with van der Waals surface area (Å²) >= 11 is 1.46. The highest BCUT2D eigenvalue weighted by atomic mass is 32.1. The number of hydrogen-bond donors (Lipinski definition) is 0. The van der Waals surface area contributed by atoms with Crippen LogP contribution in [0.25, 0.3) is 10.2 Å². The number of esters is 1. The zero-order valence-corrected chi connectivity index (χ0v) is 14.9. The summed E-state index contributed by atoms with van der Waals surface area (Å²) in [4.78, 5) is 29.1. The Labute approximate surface area is 145 Å². The summed E-state index contributed by atoms with van der Waals surface area (Å²) in [7, 11) is 0. The predicted octanol–water partition coefficient (Wildman–Crippen LogP) is 3.06. The molecule has 128 valence electrons. The van der Waals surface area contributed by atoms with Crippen LogP contribution in [0.5, 0.6) is 0 Å². The van der Waals surface area contributed by atoms with Gasteiger partial charge in [0.05, 0.1) is 16.8 Å². The number of fused-ring (bicyclic) bond motifs is 1. The number of aromatic nitrogens is 1. The molecule has 2 aromatic rings. The molecule has 0 aliphatic heterocycles. The van der Waals surface area contributed by atoms with Crippen LogP contribution in [0.2, 0.25) is 0 Å². The van der Waals surface area contributed by atoms with Crippen molar-refractivity contribution in [1.82, 2.24) is 4.57 Å². The maximum absolute atomic E-state index is 12.3. The molecule has 1 aliphatic rings. The molecule has 1 heterocycles. The standard InChI is InChI=1S/C18H22N2O3S/c1-3-12-8-9-14-15(10-12)24-18(19-17(22)13-6-5-7-13)20(14)11-16(21)23-4-2/h8-10,13H,3-7,11H2,1-2H3. The lowest BCUT2D eigenvalue weighted by molar-refractivity contribution is -0.143. The number of rotatable bonds is 5. The quantitative estimate of drug-likeness (QED) is 0.782. The van der Waals surface area contributed by atoms with Gasteiger partial charge >= 0.3 is 5.97 Å². The highest BCUT2D eigenvalue weighted by Crippen LogP contribution is 2.27. The molecule has 24 heavy (non-hydrogen) atoms.